The summed E-state index contributed by atoms with van der Waals surface area (Å²) in [5.41, 5.74) is 2.46. The number of ketones is 1. The van der Waals surface area contributed by atoms with E-state index in [2.05, 4.69) is 13.0 Å². The highest BCUT2D eigenvalue weighted by Gasteiger charge is 2.30. The lowest BCUT2D eigenvalue weighted by Gasteiger charge is -2.30. The Morgan fingerprint density at radius 1 is 1.22 bits per heavy atom. The van der Waals surface area contributed by atoms with E-state index in [9.17, 15) is 4.79 Å². The Bertz CT molecular complexity index is 623. The average molecular weight is 313 g/mol. The van der Waals surface area contributed by atoms with Crippen molar-refractivity contribution in [3.63, 3.8) is 0 Å². The first-order valence-corrected chi connectivity index (χ1v) is 8.86. The summed E-state index contributed by atoms with van der Waals surface area (Å²) in [5, 5.41) is 0. The molecule has 0 saturated heterocycles. The first-order chi connectivity index (χ1) is 10.9. The Balaban J connectivity index is 1.84. The molecule has 3 rings (SSSR count). The molecular weight excluding hydrogens is 286 g/mol. The van der Waals surface area contributed by atoms with Crippen molar-refractivity contribution in [1.82, 2.24) is 0 Å². The third kappa shape index (κ3) is 3.82. The van der Waals surface area contributed by atoms with Crippen LogP contribution in [0.2, 0.25) is 0 Å². The van der Waals surface area contributed by atoms with E-state index in [0.717, 1.165) is 29.9 Å². The maximum Gasteiger partial charge on any atom is 0.194 e. The largest absolute Gasteiger partial charge is 0.466 e. The fraction of sp³-hybridized carbons (Fsp3) is 0.600. The van der Waals surface area contributed by atoms with Crippen molar-refractivity contribution in [3.05, 3.63) is 29.3 Å². The van der Waals surface area contributed by atoms with Crippen LogP contribution in [0.1, 0.15) is 69.9 Å². The van der Waals surface area contributed by atoms with E-state index in [0.29, 0.717) is 12.2 Å². The van der Waals surface area contributed by atoms with Crippen molar-refractivity contribution >= 4 is 11.5 Å². The highest BCUT2D eigenvalue weighted by molar-refractivity contribution is 6.13. The van der Waals surface area contributed by atoms with Gasteiger partial charge in [0.2, 0.25) is 0 Å². The second-order valence-corrected chi connectivity index (χ2v) is 7.44. The van der Waals surface area contributed by atoms with Gasteiger partial charge in [-0.25, -0.2) is 4.99 Å². The Morgan fingerprint density at radius 2 is 1.91 bits per heavy atom. The first kappa shape index (κ1) is 16.2. The van der Waals surface area contributed by atoms with Gasteiger partial charge < -0.3 is 4.74 Å². The fourth-order valence-corrected chi connectivity index (χ4v) is 3.68. The molecule has 3 heteroatoms. The number of aliphatic imine (C=N–C) groups is 1. The molecule has 0 N–H and O–H groups in total. The predicted octanol–water partition coefficient (Wildman–Crippen LogP) is 4.84. The minimum Gasteiger partial charge on any atom is -0.466 e. The fourth-order valence-electron chi connectivity index (χ4n) is 3.68. The van der Waals surface area contributed by atoms with Gasteiger partial charge in [-0.3, -0.25) is 4.79 Å². The Labute approximate surface area is 139 Å². The number of ether oxygens (including phenoxy) is 1. The number of Topliss-reactive ketones (excluding diaryl/α,β-unsaturated/α-hetero) is 1. The number of hydrogen-bond acceptors (Lipinski definition) is 3. The molecule has 1 fully saturated rings. The zero-order chi connectivity index (χ0) is 16.4. The minimum atomic E-state index is -0.596. The molecule has 1 aliphatic heterocycles. The van der Waals surface area contributed by atoms with E-state index in [-0.39, 0.29) is 5.92 Å². The number of aryl methyl sites for hydroxylation is 1. The second kappa shape index (κ2) is 6.46. The van der Waals surface area contributed by atoms with E-state index in [1.807, 2.05) is 26.0 Å². The van der Waals surface area contributed by atoms with Gasteiger partial charge in [0.25, 0.3) is 0 Å². The number of rotatable bonds is 3. The van der Waals surface area contributed by atoms with Crippen LogP contribution in [0, 0.1) is 12.8 Å². The average Bonchev–Trinajstić information content (AvgIpc) is 2.76. The van der Waals surface area contributed by atoms with Crippen LogP contribution in [0.15, 0.2) is 23.2 Å². The molecule has 0 atom stereocenters. The normalized spacial score (nSPS) is 20.9. The molecule has 0 bridgehead atoms. The highest BCUT2D eigenvalue weighted by Crippen LogP contribution is 2.33. The molecule has 0 aromatic heterocycles. The summed E-state index contributed by atoms with van der Waals surface area (Å²) in [6.07, 6.45) is 7.45. The lowest BCUT2D eigenvalue weighted by Crippen LogP contribution is -2.33. The minimum absolute atomic E-state index is 0.222. The quantitative estimate of drug-likeness (QED) is 0.749. The molecule has 2 aliphatic rings. The van der Waals surface area contributed by atoms with E-state index in [4.69, 9.17) is 9.73 Å². The number of benzene rings is 1. The molecule has 0 radical (unpaired) electrons. The number of fused-ring (bicyclic) bond motifs is 1. The van der Waals surface area contributed by atoms with Crippen molar-refractivity contribution in [2.75, 3.05) is 0 Å². The molecule has 3 nitrogen and oxygen atoms in total. The van der Waals surface area contributed by atoms with Crippen molar-refractivity contribution in [2.24, 2.45) is 10.9 Å². The van der Waals surface area contributed by atoms with Gasteiger partial charge in [0.05, 0.1) is 5.71 Å². The first-order valence-electron chi connectivity index (χ1n) is 8.86. The van der Waals surface area contributed by atoms with Crippen LogP contribution >= 0.6 is 0 Å². The molecule has 1 heterocycles. The maximum atomic E-state index is 12.8. The van der Waals surface area contributed by atoms with Crippen molar-refractivity contribution in [1.29, 1.82) is 0 Å². The summed E-state index contributed by atoms with van der Waals surface area (Å²) < 4.78 is 5.95. The van der Waals surface area contributed by atoms with Crippen LogP contribution in [0.25, 0.3) is 0 Å². The van der Waals surface area contributed by atoms with Crippen LogP contribution in [-0.4, -0.2) is 17.2 Å². The zero-order valence-electron chi connectivity index (χ0n) is 14.5. The predicted molar refractivity (Wildman–Crippen MR) is 93.2 cm³/mol. The molecule has 0 spiro atoms. The Hall–Kier alpha value is -1.64. The summed E-state index contributed by atoms with van der Waals surface area (Å²) in [5.74, 6) is 1.43. The van der Waals surface area contributed by atoms with Gasteiger partial charge in [-0.2, -0.15) is 0 Å². The molecule has 0 unspecified atom stereocenters. The topological polar surface area (TPSA) is 38.7 Å². The van der Waals surface area contributed by atoms with Gasteiger partial charge in [-0.15, -0.1) is 0 Å². The van der Waals surface area contributed by atoms with Crippen molar-refractivity contribution in [2.45, 2.75) is 71.4 Å². The molecule has 124 valence electrons. The number of nitrogens with zero attached hydrogens (tertiary/aromatic N) is 1. The van der Waals surface area contributed by atoms with Crippen LogP contribution in [0.3, 0.4) is 0 Å². The van der Waals surface area contributed by atoms with Crippen LogP contribution in [0.4, 0.5) is 0 Å². The summed E-state index contributed by atoms with van der Waals surface area (Å²) >= 11 is 0. The third-order valence-electron chi connectivity index (χ3n) is 4.86. The molecule has 1 aromatic carbocycles. The smallest absolute Gasteiger partial charge is 0.194 e. The highest BCUT2D eigenvalue weighted by atomic mass is 16.5. The van der Waals surface area contributed by atoms with E-state index in [1.54, 1.807) is 0 Å². The van der Waals surface area contributed by atoms with E-state index in [1.165, 1.54) is 31.2 Å². The number of hydrogen-bond donors (Lipinski definition) is 0. The molecule has 1 aromatic rings. The Kier molecular flexibility index (Phi) is 4.56. The van der Waals surface area contributed by atoms with Crippen LogP contribution < -0.4 is 4.74 Å². The third-order valence-corrected chi connectivity index (χ3v) is 4.86. The van der Waals surface area contributed by atoms with Crippen molar-refractivity contribution < 1.29 is 9.53 Å². The van der Waals surface area contributed by atoms with Crippen LogP contribution in [0.5, 0.6) is 5.75 Å². The SMILES string of the molecule is Cc1ccc2c(c1)C(CC(=O)C1CCCCCC1)=NC(C)(C)O2. The molecule has 1 aliphatic carbocycles. The monoisotopic (exact) mass is 313 g/mol. The summed E-state index contributed by atoms with van der Waals surface area (Å²) in [7, 11) is 0. The van der Waals surface area contributed by atoms with Crippen LogP contribution in [-0.2, 0) is 4.79 Å². The summed E-state index contributed by atoms with van der Waals surface area (Å²) in [4.78, 5) is 17.5. The zero-order valence-corrected chi connectivity index (χ0v) is 14.5. The maximum absolute atomic E-state index is 12.8. The number of carbonyl (C=O) groups is 1. The van der Waals surface area contributed by atoms with Gasteiger partial charge in [-0.05, 0) is 45.7 Å². The molecule has 23 heavy (non-hydrogen) atoms. The van der Waals surface area contributed by atoms with E-state index >= 15 is 0 Å². The molecular formula is C20H27NO2. The summed E-state index contributed by atoms with van der Waals surface area (Å²) in [6, 6.07) is 6.13. The Morgan fingerprint density at radius 3 is 2.61 bits per heavy atom. The lowest BCUT2D eigenvalue weighted by molar-refractivity contribution is -0.122. The molecule has 1 saturated carbocycles. The summed E-state index contributed by atoms with van der Waals surface area (Å²) in [6.45, 7) is 5.96. The lowest BCUT2D eigenvalue weighted by atomic mass is 9.90. The van der Waals surface area contributed by atoms with Gasteiger partial charge in [0.1, 0.15) is 11.5 Å². The second-order valence-electron chi connectivity index (χ2n) is 7.44. The van der Waals surface area contributed by atoms with Crippen molar-refractivity contribution in [3.8, 4) is 5.75 Å². The van der Waals surface area contributed by atoms with Gasteiger partial charge >= 0.3 is 0 Å². The number of carbonyl (C=O) groups excluding carboxylic acids is 1. The van der Waals surface area contributed by atoms with Gasteiger partial charge in [-0.1, -0.05) is 37.3 Å². The van der Waals surface area contributed by atoms with Gasteiger partial charge in [0, 0.05) is 17.9 Å². The van der Waals surface area contributed by atoms with Gasteiger partial charge in [0.15, 0.2) is 5.72 Å². The standard InChI is InChI=1S/C20H27NO2/c1-14-10-11-19-16(12-14)17(21-20(2,3)23-19)13-18(22)15-8-6-4-5-7-9-15/h10-12,15H,4-9,13H2,1-3H3. The molecule has 0 amide bonds. The van der Waals surface area contributed by atoms with E-state index < -0.39 is 5.72 Å².